The van der Waals surface area contributed by atoms with Gasteiger partial charge in [0.05, 0.1) is 13.2 Å². The number of pyridine rings is 1. The number of terminal acetylenes is 1. The van der Waals surface area contributed by atoms with E-state index in [4.69, 9.17) is 4.74 Å². The highest BCUT2D eigenvalue weighted by Crippen LogP contribution is 2.22. The van der Waals surface area contributed by atoms with Crippen molar-refractivity contribution < 1.29 is 9.53 Å². The lowest BCUT2D eigenvalue weighted by molar-refractivity contribution is -0.0293. The molecule has 2 aromatic heterocycles. The van der Waals surface area contributed by atoms with Gasteiger partial charge in [-0.3, -0.25) is 15.1 Å². The van der Waals surface area contributed by atoms with Gasteiger partial charge < -0.3 is 15.4 Å². The maximum atomic E-state index is 11.7. The molecule has 8 nitrogen and oxygen atoms in total. The number of aromatic nitrogens is 3. The highest BCUT2D eigenvalue weighted by molar-refractivity contribution is 5.90. The predicted octanol–water partition coefficient (Wildman–Crippen LogP) is 1.66. The quantitative estimate of drug-likeness (QED) is 0.533. The lowest BCUT2D eigenvalue weighted by Gasteiger charge is -2.25. The molecule has 1 fully saturated rings. The van der Waals surface area contributed by atoms with Gasteiger partial charge in [-0.1, -0.05) is 0 Å². The average Bonchev–Trinajstić information content (AvgIpc) is 3.00. The third-order valence-electron chi connectivity index (χ3n) is 3.97. The Balaban J connectivity index is 0.00000126. The van der Waals surface area contributed by atoms with Crippen molar-refractivity contribution in [3.05, 3.63) is 35.3 Å². The van der Waals surface area contributed by atoms with Crippen LogP contribution in [0.25, 0.3) is 11.3 Å². The molecule has 0 aliphatic carbocycles. The molecule has 3 rings (SSSR count). The lowest BCUT2D eigenvalue weighted by Crippen LogP contribution is -2.43. The van der Waals surface area contributed by atoms with Crippen LogP contribution < -0.4 is 10.6 Å². The van der Waals surface area contributed by atoms with Gasteiger partial charge in [0.1, 0.15) is 12.4 Å². The molecule has 0 saturated carbocycles. The number of H-pyrrole nitrogens is 1. The second kappa shape index (κ2) is 10.1. The molecular weight excluding hydrogens is 344 g/mol. The Morgan fingerprint density at radius 2 is 2.19 bits per heavy atom. The Hall–Kier alpha value is -3.18. The van der Waals surface area contributed by atoms with E-state index >= 15 is 0 Å². The zero-order valence-electron chi connectivity index (χ0n) is 15.5. The van der Waals surface area contributed by atoms with Gasteiger partial charge in [0.2, 0.25) is 0 Å². The zero-order chi connectivity index (χ0) is 19.6. The van der Waals surface area contributed by atoms with Crippen LogP contribution in [-0.2, 0) is 4.74 Å². The standard InChI is InChI=1S/C17H22N6O2.C2H2/c1-11-5-14(3-4-19-11)16-15(12(2)22-23-16)7-18-10-21-17(24)20-6-13-8-25-9-13;1-2/h3-5,7,13H,6,8-10H2,1-2H3,(H,22,23)(H2,20,21,24);1-2H/b18-7-;. The molecule has 3 heterocycles. The molecule has 0 radical (unpaired) electrons. The molecule has 1 saturated heterocycles. The largest absolute Gasteiger partial charge is 0.381 e. The number of hydrogen-bond acceptors (Lipinski definition) is 5. The monoisotopic (exact) mass is 368 g/mol. The van der Waals surface area contributed by atoms with Crippen molar-refractivity contribution in [2.75, 3.05) is 26.4 Å². The summed E-state index contributed by atoms with van der Waals surface area (Å²) in [5.74, 6) is 0.425. The summed E-state index contributed by atoms with van der Waals surface area (Å²) in [5, 5.41) is 12.8. The number of ether oxygens (including phenoxy) is 1. The molecule has 0 atom stereocenters. The Morgan fingerprint density at radius 1 is 1.41 bits per heavy atom. The second-order valence-electron chi connectivity index (χ2n) is 6.06. The summed E-state index contributed by atoms with van der Waals surface area (Å²) in [6.07, 6.45) is 11.5. The minimum atomic E-state index is -0.224. The van der Waals surface area contributed by atoms with Crippen LogP contribution >= 0.6 is 0 Å². The van der Waals surface area contributed by atoms with Gasteiger partial charge in [-0.25, -0.2) is 4.79 Å². The zero-order valence-corrected chi connectivity index (χ0v) is 15.5. The summed E-state index contributed by atoms with van der Waals surface area (Å²) < 4.78 is 5.07. The first kappa shape index (κ1) is 20.1. The number of carbonyl (C=O) groups is 1. The molecule has 0 unspecified atom stereocenters. The number of urea groups is 1. The number of aliphatic imine (C=N–C) groups is 1. The van der Waals surface area contributed by atoms with Crippen LogP contribution in [0.1, 0.15) is 17.0 Å². The Kier molecular flexibility index (Phi) is 7.52. The van der Waals surface area contributed by atoms with Crippen LogP contribution in [0.2, 0.25) is 0 Å². The summed E-state index contributed by atoms with van der Waals surface area (Å²) in [6.45, 7) is 6.14. The molecule has 0 spiro atoms. The van der Waals surface area contributed by atoms with Crippen molar-refractivity contribution in [2.24, 2.45) is 10.9 Å². The van der Waals surface area contributed by atoms with Gasteiger partial charge in [0, 0.05) is 47.4 Å². The summed E-state index contributed by atoms with van der Waals surface area (Å²) >= 11 is 0. The van der Waals surface area contributed by atoms with Crippen LogP contribution in [0.3, 0.4) is 0 Å². The molecule has 8 heteroatoms. The molecule has 2 amide bonds. The molecule has 142 valence electrons. The first-order valence-electron chi connectivity index (χ1n) is 8.54. The van der Waals surface area contributed by atoms with Gasteiger partial charge in [0.15, 0.2) is 0 Å². The predicted molar refractivity (Wildman–Crippen MR) is 104 cm³/mol. The summed E-state index contributed by atoms with van der Waals surface area (Å²) in [7, 11) is 0. The van der Waals surface area contributed by atoms with E-state index in [9.17, 15) is 4.79 Å². The molecule has 1 aliphatic heterocycles. The van der Waals surface area contributed by atoms with Crippen LogP contribution in [-0.4, -0.2) is 53.9 Å². The van der Waals surface area contributed by atoms with E-state index < -0.39 is 0 Å². The van der Waals surface area contributed by atoms with Crippen molar-refractivity contribution in [3.8, 4) is 24.1 Å². The highest BCUT2D eigenvalue weighted by atomic mass is 16.5. The van der Waals surface area contributed by atoms with Crippen LogP contribution in [0, 0.1) is 32.6 Å². The maximum absolute atomic E-state index is 11.7. The van der Waals surface area contributed by atoms with Gasteiger partial charge in [-0.2, -0.15) is 5.10 Å². The number of aryl methyl sites for hydroxylation is 2. The molecule has 2 aromatic rings. The van der Waals surface area contributed by atoms with Crippen molar-refractivity contribution in [3.63, 3.8) is 0 Å². The number of aromatic amines is 1. The van der Waals surface area contributed by atoms with Crippen molar-refractivity contribution >= 4 is 12.2 Å². The van der Waals surface area contributed by atoms with Gasteiger partial charge >= 0.3 is 6.03 Å². The Labute approximate surface area is 158 Å². The minimum Gasteiger partial charge on any atom is -0.381 e. The van der Waals surface area contributed by atoms with Crippen molar-refractivity contribution in [1.29, 1.82) is 0 Å². The second-order valence-corrected chi connectivity index (χ2v) is 6.06. The summed E-state index contributed by atoms with van der Waals surface area (Å²) in [5.41, 5.74) is 4.55. The minimum absolute atomic E-state index is 0.201. The van der Waals surface area contributed by atoms with Crippen molar-refractivity contribution in [1.82, 2.24) is 25.8 Å². The molecule has 3 N–H and O–H groups in total. The number of nitrogens with zero attached hydrogens (tertiary/aromatic N) is 3. The number of carbonyl (C=O) groups excluding carboxylic acids is 1. The number of rotatable bonds is 6. The average molecular weight is 368 g/mol. The fourth-order valence-corrected chi connectivity index (χ4v) is 2.46. The molecule has 27 heavy (non-hydrogen) atoms. The van der Waals surface area contributed by atoms with E-state index in [1.165, 1.54) is 0 Å². The molecule has 0 bridgehead atoms. The Bertz CT molecular complexity index is 808. The van der Waals surface area contributed by atoms with Gasteiger partial charge in [-0.05, 0) is 26.0 Å². The van der Waals surface area contributed by atoms with Gasteiger partial charge in [0.25, 0.3) is 0 Å². The molecule has 0 aromatic carbocycles. The summed E-state index contributed by atoms with van der Waals surface area (Å²) in [4.78, 5) is 20.2. The first-order chi connectivity index (χ1) is 13.1. The first-order valence-corrected chi connectivity index (χ1v) is 8.54. The Morgan fingerprint density at radius 3 is 2.85 bits per heavy atom. The number of hydrogen-bond donors (Lipinski definition) is 3. The molecule has 1 aliphatic rings. The van der Waals surface area contributed by atoms with E-state index in [-0.39, 0.29) is 12.7 Å². The highest BCUT2D eigenvalue weighted by Gasteiger charge is 2.18. The molecular formula is C19H24N6O2. The smallest absolute Gasteiger partial charge is 0.316 e. The number of amides is 2. The summed E-state index contributed by atoms with van der Waals surface area (Å²) in [6, 6.07) is 3.66. The van der Waals surface area contributed by atoms with Crippen LogP contribution in [0.5, 0.6) is 0 Å². The fourth-order valence-electron chi connectivity index (χ4n) is 2.46. The van der Waals surface area contributed by atoms with E-state index in [1.807, 2.05) is 26.0 Å². The van der Waals surface area contributed by atoms with E-state index in [2.05, 4.69) is 43.7 Å². The maximum Gasteiger partial charge on any atom is 0.316 e. The fraction of sp³-hybridized carbons (Fsp3) is 0.368. The van der Waals surface area contributed by atoms with E-state index in [0.717, 1.165) is 41.4 Å². The van der Waals surface area contributed by atoms with E-state index in [1.54, 1.807) is 12.4 Å². The third-order valence-corrected chi connectivity index (χ3v) is 3.97. The lowest BCUT2D eigenvalue weighted by atomic mass is 10.1. The van der Waals surface area contributed by atoms with E-state index in [0.29, 0.717) is 12.5 Å². The normalized spacial score (nSPS) is 13.5. The number of nitrogens with one attached hydrogen (secondary N) is 3. The SMILES string of the molecule is C#C.Cc1cc(-c2n[nH]c(C)c2/C=N\CNC(=O)NCC2COC2)ccn1. The topological polar surface area (TPSA) is 104 Å². The third kappa shape index (κ3) is 5.66. The van der Waals surface area contributed by atoms with Crippen LogP contribution in [0.4, 0.5) is 4.79 Å². The van der Waals surface area contributed by atoms with Crippen molar-refractivity contribution in [2.45, 2.75) is 13.8 Å². The van der Waals surface area contributed by atoms with Gasteiger partial charge in [-0.15, -0.1) is 12.8 Å². The van der Waals surface area contributed by atoms with Crippen LogP contribution in [0.15, 0.2) is 23.3 Å².